The summed E-state index contributed by atoms with van der Waals surface area (Å²) in [6, 6.07) is 5.02. The van der Waals surface area contributed by atoms with Crippen LogP contribution in [0.4, 0.5) is 0 Å². The lowest BCUT2D eigenvalue weighted by Crippen LogP contribution is -2.43. The molecule has 0 aromatic heterocycles. The van der Waals surface area contributed by atoms with Crippen LogP contribution in [0.1, 0.15) is 36.0 Å². The van der Waals surface area contributed by atoms with E-state index in [2.05, 4.69) is 5.32 Å². The van der Waals surface area contributed by atoms with Gasteiger partial charge >= 0.3 is 0 Å². The Morgan fingerprint density at radius 2 is 1.78 bits per heavy atom. The molecule has 0 spiro atoms. The van der Waals surface area contributed by atoms with E-state index in [1.54, 1.807) is 18.2 Å². The van der Waals surface area contributed by atoms with Crippen molar-refractivity contribution in [2.24, 2.45) is 0 Å². The van der Waals surface area contributed by atoms with Gasteiger partial charge in [0.15, 0.2) is 0 Å². The minimum atomic E-state index is -0.247. The van der Waals surface area contributed by atoms with E-state index < -0.39 is 0 Å². The lowest BCUT2D eigenvalue weighted by atomic mass is 9.94. The van der Waals surface area contributed by atoms with E-state index >= 15 is 0 Å². The van der Waals surface area contributed by atoms with Gasteiger partial charge in [-0.15, -0.1) is 11.6 Å². The molecule has 1 aliphatic rings. The highest BCUT2D eigenvalue weighted by Gasteiger charge is 2.26. The van der Waals surface area contributed by atoms with Gasteiger partial charge in [-0.2, -0.15) is 0 Å². The Kier molecular flexibility index (Phi) is 4.77. The monoisotopic (exact) mass is 305 g/mol. The zero-order valence-corrected chi connectivity index (χ0v) is 12.0. The maximum Gasteiger partial charge on any atom is 0.254 e. The number of nitrogens with one attached hydrogen (secondary N) is 1. The average Bonchev–Trinajstić information content (AvgIpc) is 2.32. The number of carbonyl (C=O) groups is 1. The van der Waals surface area contributed by atoms with Crippen LogP contribution in [-0.2, 0) is 0 Å². The Labute approximate surface area is 122 Å². The van der Waals surface area contributed by atoms with Gasteiger partial charge in [-0.25, -0.2) is 0 Å². The van der Waals surface area contributed by atoms with Gasteiger partial charge in [0, 0.05) is 6.04 Å². The van der Waals surface area contributed by atoms with Crippen LogP contribution in [0, 0.1) is 0 Å². The summed E-state index contributed by atoms with van der Waals surface area (Å²) in [4.78, 5) is 12.2. The maximum atomic E-state index is 12.2. The smallest absolute Gasteiger partial charge is 0.254 e. The lowest BCUT2D eigenvalue weighted by Gasteiger charge is -2.28. The molecule has 0 aliphatic heterocycles. The van der Waals surface area contributed by atoms with Crippen molar-refractivity contribution >= 4 is 40.7 Å². The van der Waals surface area contributed by atoms with Crippen LogP contribution in [0.15, 0.2) is 18.2 Å². The van der Waals surface area contributed by atoms with Crippen molar-refractivity contribution in [3.05, 3.63) is 33.8 Å². The first-order valence-corrected chi connectivity index (χ1v) is 7.18. The van der Waals surface area contributed by atoms with Crippen molar-refractivity contribution in [2.45, 2.75) is 37.1 Å². The molecule has 2 rings (SSSR count). The van der Waals surface area contributed by atoms with E-state index in [9.17, 15) is 4.79 Å². The molecule has 0 radical (unpaired) electrons. The molecule has 2 unspecified atom stereocenters. The predicted molar refractivity (Wildman–Crippen MR) is 75.8 cm³/mol. The molecule has 1 aromatic carbocycles. The van der Waals surface area contributed by atoms with Crippen LogP contribution < -0.4 is 5.32 Å². The maximum absolute atomic E-state index is 12.2. The van der Waals surface area contributed by atoms with E-state index in [0.717, 1.165) is 25.7 Å². The second kappa shape index (κ2) is 6.14. The molecule has 1 aromatic rings. The average molecular weight is 307 g/mol. The molecule has 2 atom stereocenters. The van der Waals surface area contributed by atoms with Crippen LogP contribution >= 0.6 is 34.8 Å². The normalized spacial score (nSPS) is 23.7. The summed E-state index contributed by atoms with van der Waals surface area (Å²) >= 11 is 18.2. The quantitative estimate of drug-likeness (QED) is 0.812. The van der Waals surface area contributed by atoms with Crippen molar-refractivity contribution in [1.82, 2.24) is 5.32 Å². The number of alkyl halides is 1. The van der Waals surface area contributed by atoms with E-state index in [1.807, 2.05) is 0 Å². The first kappa shape index (κ1) is 14.0. The summed E-state index contributed by atoms with van der Waals surface area (Å²) in [5, 5.41) is 3.64. The number of amides is 1. The van der Waals surface area contributed by atoms with Gasteiger partial charge in [0.1, 0.15) is 0 Å². The summed E-state index contributed by atoms with van der Waals surface area (Å²) in [7, 11) is 0. The third-order valence-electron chi connectivity index (χ3n) is 3.19. The van der Waals surface area contributed by atoms with Crippen molar-refractivity contribution in [3.8, 4) is 0 Å². The highest BCUT2D eigenvalue weighted by atomic mass is 35.5. The lowest BCUT2D eigenvalue weighted by molar-refractivity contribution is 0.0929. The van der Waals surface area contributed by atoms with Crippen molar-refractivity contribution in [2.75, 3.05) is 0 Å². The summed E-state index contributed by atoms with van der Waals surface area (Å²) in [5.74, 6) is -0.247. The van der Waals surface area contributed by atoms with Crippen LogP contribution in [0.25, 0.3) is 0 Å². The van der Waals surface area contributed by atoms with Crippen LogP contribution in [0.2, 0.25) is 10.0 Å². The first-order chi connectivity index (χ1) is 8.59. The molecular formula is C13H14Cl3NO. The number of halogens is 3. The zero-order valence-electron chi connectivity index (χ0n) is 9.76. The summed E-state index contributed by atoms with van der Waals surface area (Å²) < 4.78 is 0. The van der Waals surface area contributed by atoms with Crippen LogP contribution in [-0.4, -0.2) is 17.3 Å². The third-order valence-corrected chi connectivity index (χ3v) is 4.34. The standard InChI is InChI=1S/C13H14Cl3NO/c14-8-4-1-2-7-11(8)17-13(18)12-9(15)5-3-6-10(12)16/h3,5-6,8,11H,1-2,4,7H2,(H,17,18). The fourth-order valence-corrected chi connectivity index (χ4v) is 3.12. The van der Waals surface area contributed by atoms with Crippen molar-refractivity contribution in [3.63, 3.8) is 0 Å². The van der Waals surface area contributed by atoms with Gasteiger partial charge in [-0.05, 0) is 25.0 Å². The predicted octanol–water partition coefficient (Wildman–Crippen LogP) is 4.27. The van der Waals surface area contributed by atoms with Gasteiger partial charge in [0.25, 0.3) is 5.91 Å². The van der Waals surface area contributed by atoms with E-state index in [-0.39, 0.29) is 17.3 Å². The fourth-order valence-electron chi connectivity index (χ4n) is 2.20. The second-order valence-corrected chi connectivity index (χ2v) is 5.85. The fraction of sp³-hybridized carbons (Fsp3) is 0.462. The van der Waals surface area contributed by atoms with E-state index in [4.69, 9.17) is 34.8 Å². The van der Waals surface area contributed by atoms with Gasteiger partial charge in [0.2, 0.25) is 0 Å². The van der Waals surface area contributed by atoms with Gasteiger partial charge in [-0.3, -0.25) is 4.79 Å². The highest BCUT2D eigenvalue weighted by Crippen LogP contribution is 2.26. The minimum Gasteiger partial charge on any atom is -0.348 e. The Morgan fingerprint density at radius 1 is 1.17 bits per heavy atom. The minimum absolute atomic E-state index is 0.000237. The molecule has 1 N–H and O–H groups in total. The Hall–Kier alpha value is -0.440. The number of rotatable bonds is 2. The number of carbonyl (C=O) groups excluding carboxylic acids is 1. The van der Waals surface area contributed by atoms with Crippen LogP contribution in [0.3, 0.4) is 0 Å². The molecule has 0 heterocycles. The molecule has 5 heteroatoms. The summed E-state index contributed by atoms with van der Waals surface area (Å²) in [5.41, 5.74) is 0.329. The van der Waals surface area contributed by atoms with Gasteiger partial charge in [0.05, 0.1) is 21.0 Å². The first-order valence-electron chi connectivity index (χ1n) is 5.98. The Morgan fingerprint density at radius 3 is 2.39 bits per heavy atom. The number of hydrogen-bond donors (Lipinski definition) is 1. The molecule has 2 nitrogen and oxygen atoms in total. The number of hydrogen-bond acceptors (Lipinski definition) is 1. The van der Waals surface area contributed by atoms with Crippen LogP contribution in [0.5, 0.6) is 0 Å². The second-order valence-electron chi connectivity index (χ2n) is 4.48. The summed E-state index contributed by atoms with van der Waals surface area (Å²) in [6.07, 6.45) is 4.04. The Balaban J connectivity index is 2.12. The van der Waals surface area contributed by atoms with Gasteiger partial charge in [-0.1, -0.05) is 42.1 Å². The zero-order chi connectivity index (χ0) is 13.1. The Bertz CT molecular complexity index is 430. The molecule has 18 heavy (non-hydrogen) atoms. The topological polar surface area (TPSA) is 29.1 Å². The molecule has 1 amide bonds. The SMILES string of the molecule is O=C(NC1CCCCC1Cl)c1c(Cl)cccc1Cl. The van der Waals surface area contributed by atoms with E-state index in [0.29, 0.717) is 15.6 Å². The van der Waals surface area contributed by atoms with E-state index in [1.165, 1.54) is 0 Å². The molecule has 1 aliphatic carbocycles. The summed E-state index contributed by atoms with van der Waals surface area (Å²) in [6.45, 7) is 0. The molecular weight excluding hydrogens is 293 g/mol. The van der Waals surface area contributed by atoms with Gasteiger partial charge < -0.3 is 5.32 Å². The molecule has 0 saturated heterocycles. The molecule has 1 saturated carbocycles. The molecule has 0 bridgehead atoms. The van der Waals surface area contributed by atoms with Crippen molar-refractivity contribution < 1.29 is 4.79 Å². The van der Waals surface area contributed by atoms with Crippen molar-refractivity contribution in [1.29, 1.82) is 0 Å². The molecule has 98 valence electrons. The molecule has 1 fully saturated rings. The third kappa shape index (κ3) is 3.11. The number of benzene rings is 1. The largest absolute Gasteiger partial charge is 0.348 e. The highest BCUT2D eigenvalue weighted by molar-refractivity contribution is 6.39.